The second kappa shape index (κ2) is 2.94. The SMILES string of the molecule is Cc1ncnc(NN)c1Br. The molecule has 0 aliphatic heterocycles. The molecular formula is C5H7BrN4. The van der Waals surface area contributed by atoms with E-state index in [2.05, 4.69) is 31.3 Å². The molecule has 1 aromatic heterocycles. The summed E-state index contributed by atoms with van der Waals surface area (Å²) >= 11 is 3.27. The van der Waals surface area contributed by atoms with Gasteiger partial charge in [-0.3, -0.25) is 0 Å². The Morgan fingerprint density at radius 3 is 2.80 bits per heavy atom. The monoisotopic (exact) mass is 202 g/mol. The van der Waals surface area contributed by atoms with E-state index in [1.807, 2.05) is 6.92 Å². The van der Waals surface area contributed by atoms with E-state index in [0.29, 0.717) is 5.82 Å². The minimum atomic E-state index is 0.604. The van der Waals surface area contributed by atoms with Gasteiger partial charge in [0.2, 0.25) is 0 Å². The number of aromatic nitrogens is 2. The van der Waals surface area contributed by atoms with Crippen molar-refractivity contribution in [3.63, 3.8) is 0 Å². The van der Waals surface area contributed by atoms with E-state index in [9.17, 15) is 0 Å². The van der Waals surface area contributed by atoms with Crippen molar-refractivity contribution in [1.82, 2.24) is 9.97 Å². The highest BCUT2D eigenvalue weighted by molar-refractivity contribution is 9.10. The predicted molar refractivity (Wildman–Crippen MR) is 42.3 cm³/mol. The quantitative estimate of drug-likeness (QED) is 0.524. The van der Waals surface area contributed by atoms with Crippen LogP contribution in [0.5, 0.6) is 0 Å². The summed E-state index contributed by atoms with van der Waals surface area (Å²) in [6.07, 6.45) is 1.45. The van der Waals surface area contributed by atoms with Gasteiger partial charge in [0.1, 0.15) is 6.33 Å². The zero-order chi connectivity index (χ0) is 7.56. The Morgan fingerprint density at radius 2 is 2.30 bits per heavy atom. The highest BCUT2D eigenvalue weighted by Crippen LogP contribution is 2.19. The summed E-state index contributed by atoms with van der Waals surface area (Å²) in [5.41, 5.74) is 3.30. The maximum atomic E-state index is 5.15. The van der Waals surface area contributed by atoms with Crippen molar-refractivity contribution in [3.8, 4) is 0 Å². The number of hydrogen-bond acceptors (Lipinski definition) is 4. The first kappa shape index (κ1) is 7.43. The van der Waals surface area contributed by atoms with Crippen molar-refractivity contribution in [2.75, 3.05) is 5.43 Å². The number of aryl methyl sites for hydroxylation is 1. The molecule has 3 N–H and O–H groups in total. The average molecular weight is 203 g/mol. The number of hydrogen-bond donors (Lipinski definition) is 2. The van der Waals surface area contributed by atoms with Gasteiger partial charge in [-0.25, -0.2) is 15.8 Å². The Bertz CT molecular complexity index is 237. The van der Waals surface area contributed by atoms with Crippen LogP contribution in [0, 0.1) is 6.92 Å². The summed E-state index contributed by atoms with van der Waals surface area (Å²) in [6, 6.07) is 0. The molecule has 0 fully saturated rings. The van der Waals surface area contributed by atoms with Crippen LogP contribution in [0.15, 0.2) is 10.8 Å². The van der Waals surface area contributed by atoms with E-state index in [1.54, 1.807) is 0 Å². The van der Waals surface area contributed by atoms with Gasteiger partial charge in [0.25, 0.3) is 0 Å². The second-order valence-corrected chi connectivity index (χ2v) is 2.56. The molecule has 0 amide bonds. The van der Waals surface area contributed by atoms with Crippen LogP contribution in [0.4, 0.5) is 5.82 Å². The molecule has 0 atom stereocenters. The molecule has 0 saturated carbocycles. The van der Waals surface area contributed by atoms with Gasteiger partial charge in [0.05, 0.1) is 10.2 Å². The van der Waals surface area contributed by atoms with Crippen LogP contribution >= 0.6 is 15.9 Å². The third kappa shape index (κ3) is 1.25. The third-order valence-electron chi connectivity index (χ3n) is 1.10. The van der Waals surface area contributed by atoms with E-state index in [1.165, 1.54) is 6.33 Å². The lowest BCUT2D eigenvalue weighted by atomic mass is 10.4. The van der Waals surface area contributed by atoms with E-state index in [4.69, 9.17) is 5.84 Å². The number of nitrogens with one attached hydrogen (secondary N) is 1. The number of rotatable bonds is 1. The number of halogens is 1. The van der Waals surface area contributed by atoms with Crippen LogP contribution in [0.2, 0.25) is 0 Å². The molecule has 0 radical (unpaired) electrons. The van der Waals surface area contributed by atoms with Gasteiger partial charge < -0.3 is 5.43 Å². The lowest BCUT2D eigenvalue weighted by Gasteiger charge is -2.01. The molecule has 4 nitrogen and oxygen atoms in total. The Morgan fingerprint density at radius 1 is 1.60 bits per heavy atom. The van der Waals surface area contributed by atoms with Crippen LogP contribution in [0.3, 0.4) is 0 Å². The summed E-state index contributed by atoms with van der Waals surface area (Å²) in [5.74, 6) is 5.75. The van der Waals surface area contributed by atoms with Crippen LogP contribution in [0.25, 0.3) is 0 Å². The lowest BCUT2D eigenvalue weighted by Crippen LogP contribution is -2.09. The molecule has 0 saturated heterocycles. The minimum absolute atomic E-state index is 0.604. The number of nitrogen functional groups attached to an aromatic ring is 1. The number of nitrogens with two attached hydrogens (primary N) is 1. The Balaban J connectivity index is 3.14. The molecule has 0 unspecified atom stereocenters. The fourth-order valence-corrected chi connectivity index (χ4v) is 0.878. The highest BCUT2D eigenvalue weighted by atomic mass is 79.9. The summed E-state index contributed by atoms with van der Waals surface area (Å²) in [7, 11) is 0. The summed E-state index contributed by atoms with van der Waals surface area (Å²) in [6.45, 7) is 1.87. The van der Waals surface area contributed by atoms with Gasteiger partial charge in [-0.15, -0.1) is 0 Å². The average Bonchev–Trinajstić information content (AvgIpc) is 1.95. The molecule has 0 bridgehead atoms. The molecule has 1 rings (SSSR count). The van der Waals surface area contributed by atoms with Crippen molar-refractivity contribution >= 4 is 21.7 Å². The molecule has 0 spiro atoms. The lowest BCUT2D eigenvalue weighted by molar-refractivity contribution is 1.07. The van der Waals surface area contributed by atoms with Crippen LogP contribution in [-0.4, -0.2) is 9.97 Å². The van der Waals surface area contributed by atoms with Gasteiger partial charge >= 0.3 is 0 Å². The van der Waals surface area contributed by atoms with E-state index in [0.717, 1.165) is 10.2 Å². The topological polar surface area (TPSA) is 63.8 Å². The summed E-state index contributed by atoms with van der Waals surface area (Å²) in [4.78, 5) is 7.80. The van der Waals surface area contributed by atoms with Gasteiger partial charge in [0.15, 0.2) is 5.82 Å². The maximum absolute atomic E-state index is 5.15. The van der Waals surface area contributed by atoms with Crippen LogP contribution in [0.1, 0.15) is 5.69 Å². The van der Waals surface area contributed by atoms with Crippen molar-refractivity contribution in [2.45, 2.75) is 6.92 Å². The largest absolute Gasteiger partial charge is 0.307 e. The molecule has 10 heavy (non-hydrogen) atoms. The van der Waals surface area contributed by atoms with Crippen molar-refractivity contribution in [2.24, 2.45) is 5.84 Å². The number of anilines is 1. The van der Waals surface area contributed by atoms with E-state index in [-0.39, 0.29) is 0 Å². The van der Waals surface area contributed by atoms with E-state index < -0.39 is 0 Å². The van der Waals surface area contributed by atoms with Gasteiger partial charge in [-0.05, 0) is 22.9 Å². The molecule has 1 heterocycles. The minimum Gasteiger partial charge on any atom is -0.307 e. The molecule has 1 aromatic rings. The Labute approximate surface area is 67.0 Å². The third-order valence-corrected chi connectivity index (χ3v) is 2.05. The molecule has 0 aliphatic rings. The predicted octanol–water partition coefficient (Wildman–Crippen LogP) is 0.833. The first-order chi connectivity index (χ1) is 4.75. The van der Waals surface area contributed by atoms with Crippen molar-refractivity contribution in [1.29, 1.82) is 0 Å². The normalized spacial score (nSPS) is 9.50. The molecule has 54 valence electrons. The summed E-state index contributed by atoms with van der Waals surface area (Å²) in [5, 5.41) is 0. The molecule has 0 aromatic carbocycles. The maximum Gasteiger partial charge on any atom is 0.157 e. The van der Waals surface area contributed by atoms with Crippen molar-refractivity contribution < 1.29 is 0 Å². The smallest absolute Gasteiger partial charge is 0.157 e. The zero-order valence-electron chi connectivity index (χ0n) is 5.43. The van der Waals surface area contributed by atoms with Gasteiger partial charge in [0, 0.05) is 0 Å². The zero-order valence-corrected chi connectivity index (χ0v) is 7.01. The Hall–Kier alpha value is -0.680. The summed E-state index contributed by atoms with van der Waals surface area (Å²) < 4.78 is 0.803. The van der Waals surface area contributed by atoms with Crippen molar-refractivity contribution in [3.05, 3.63) is 16.5 Å². The van der Waals surface area contributed by atoms with Crippen LogP contribution < -0.4 is 11.3 Å². The fourth-order valence-electron chi connectivity index (χ4n) is 0.559. The Kier molecular flexibility index (Phi) is 2.18. The first-order valence-electron chi connectivity index (χ1n) is 2.69. The van der Waals surface area contributed by atoms with E-state index >= 15 is 0 Å². The van der Waals surface area contributed by atoms with Gasteiger partial charge in [-0.2, -0.15) is 0 Å². The standard InChI is InChI=1S/C5H7BrN4/c1-3-4(6)5(10-7)9-2-8-3/h2H,7H2,1H3,(H,8,9,10). The fraction of sp³-hybridized carbons (Fsp3) is 0.200. The number of hydrazine groups is 1. The molecule has 0 aliphatic carbocycles. The van der Waals surface area contributed by atoms with Crippen LogP contribution in [-0.2, 0) is 0 Å². The highest BCUT2D eigenvalue weighted by Gasteiger charge is 2.01. The number of nitrogens with zero attached hydrogens (tertiary/aromatic N) is 2. The molecule has 5 heteroatoms. The van der Waals surface area contributed by atoms with Gasteiger partial charge in [-0.1, -0.05) is 0 Å². The second-order valence-electron chi connectivity index (χ2n) is 1.77. The molecular weight excluding hydrogens is 196 g/mol. The first-order valence-corrected chi connectivity index (χ1v) is 3.48.